The van der Waals surface area contributed by atoms with Crippen molar-refractivity contribution in [1.82, 2.24) is 4.90 Å². The summed E-state index contributed by atoms with van der Waals surface area (Å²) in [5.41, 5.74) is 0.742. The van der Waals surface area contributed by atoms with Crippen molar-refractivity contribution in [2.75, 3.05) is 6.54 Å². The fourth-order valence-corrected chi connectivity index (χ4v) is 1.03. The van der Waals surface area contributed by atoms with E-state index in [1.54, 1.807) is 11.1 Å². The number of rotatable bonds is 0. The Morgan fingerprint density at radius 2 is 2.14 bits per heavy atom. The lowest BCUT2D eigenvalue weighted by Gasteiger charge is -2.25. The van der Waals surface area contributed by atoms with Crippen LogP contribution >= 0.6 is 0 Å². The third kappa shape index (κ3) is 3.24. The van der Waals surface area contributed by atoms with E-state index < -0.39 is 5.60 Å². The van der Waals surface area contributed by atoms with Crippen molar-refractivity contribution in [2.24, 2.45) is 0 Å². The van der Waals surface area contributed by atoms with Crippen LogP contribution in [-0.4, -0.2) is 23.1 Å². The van der Waals surface area contributed by atoms with Crippen molar-refractivity contribution in [3.63, 3.8) is 0 Å². The highest BCUT2D eigenvalue weighted by Crippen LogP contribution is 2.13. The quantitative estimate of drug-likeness (QED) is 0.594. The molecule has 0 saturated heterocycles. The van der Waals surface area contributed by atoms with Gasteiger partial charge in [0.1, 0.15) is 5.60 Å². The van der Waals surface area contributed by atoms with Gasteiger partial charge in [-0.1, -0.05) is 11.6 Å². The maximum atomic E-state index is 11.5. The molecule has 0 saturated carbocycles. The number of allylic oxidation sites excluding steroid dienone is 2. The molecule has 0 atom stereocenters. The zero-order valence-corrected chi connectivity index (χ0v) is 9.20. The highest BCUT2D eigenvalue weighted by molar-refractivity contribution is 5.70. The highest BCUT2D eigenvalue weighted by atomic mass is 16.6. The number of carbonyl (C=O) groups is 1. The highest BCUT2D eigenvalue weighted by Gasteiger charge is 2.20. The standard InChI is InChI=1S/C11H17NO2/c1-9-5-7-12(8-6-9)10(13)14-11(2,3)4/h5-7H,8H2,1-4H3. The Balaban J connectivity index is 2.53. The SMILES string of the molecule is CC1=CCN(C(=O)OC(C)(C)C)C=C1. The molecule has 1 rings (SSSR count). The summed E-state index contributed by atoms with van der Waals surface area (Å²) in [6.07, 6.45) is 5.35. The molecule has 0 aromatic rings. The van der Waals surface area contributed by atoms with Crippen LogP contribution in [0.25, 0.3) is 0 Å². The largest absolute Gasteiger partial charge is 0.443 e. The van der Waals surface area contributed by atoms with E-state index in [-0.39, 0.29) is 6.09 Å². The minimum atomic E-state index is -0.429. The summed E-state index contributed by atoms with van der Waals surface area (Å²) in [5, 5.41) is 0. The first-order valence-corrected chi connectivity index (χ1v) is 4.73. The number of hydrogen-bond donors (Lipinski definition) is 0. The monoisotopic (exact) mass is 195 g/mol. The summed E-state index contributed by atoms with van der Waals surface area (Å²) in [6.45, 7) is 8.18. The summed E-state index contributed by atoms with van der Waals surface area (Å²) >= 11 is 0. The van der Waals surface area contributed by atoms with Gasteiger partial charge in [0.05, 0.1) is 0 Å². The molecule has 0 radical (unpaired) electrons. The number of carbonyl (C=O) groups excluding carboxylic acids is 1. The minimum absolute atomic E-state index is 0.294. The molecule has 0 aromatic heterocycles. The predicted octanol–water partition coefficient (Wildman–Crippen LogP) is 2.70. The maximum Gasteiger partial charge on any atom is 0.414 e. The topological polar surface area (TPSA) is 29.5 Å². The average Bonchev–Trinajstić information content (AvgIpc) is 2.02. The van der Waals surface area contributed by atoms with E-state index in [4.69, 9.17) is 4.74 Å². The van der Waals surface area contributed by atoms with Gasteiger partial charge in [-0.15, -0.1) is 0 Å². The van der Waals surface area contributed by atoms with Gasteiger partial charge in [0, 0.05) is 12.7 Å². The Bertz CT molecular complexity index is 284. The molecule has 0 unspecified atom stereocenters. The van der Waals surface area contributed by atoms with Gasteiger partial charge in [0.25, 0.3) is 0 Å². The molecule has 0 fully saturated rings. The smallest absolute Gasteiger partial charge is 0.414 e. The molecule has 1 heterocycles. The Kier molecular flexibility index (Phi) is 2.99. The third-order valence-electron chi connectivity index (χ3n) is 1.76. The van der Waals surface area contributed by atoms with Crippen molar-refractivity contribution in [3.8, 4) is 0 Å². The second-order valence-corrected chi connectivity index (χ2v) is 4.40. The molecule has 1 aliphatic rings. The molecule has 3 heteroatoms. The lowest BCUT2D eigenvalue weighted by atomic mass is 10.2. The van der Waals surface area contributed by atoms with E-state index >= 15 is 0 Å². The van der Waals surface area contributed by atoms with Crippen LogP contribution in [0.3, 0.4) is 0 Å². The predicted molar refractivity (Wildman–Crippen MR) is 55.8 cm³/mol. The van der Waals surface area contributed by atoms with Crippen LogP contribution in [0.1, 0.15) is 27.7 Å². The first-order valence-electron chi connectivity index (χ1n) is 4.73. The van der Waals surface area contributed by atoms with Crippen molar-refractivity contribution in [3.05, 3.63) is 23.9 Å². The molecule has 1 amide bonds. The molecule has 0 aromatic carbocycles. The van der Waals surface area contributed by atoms with Crippen molar-refractivity contribution in [1.29, 1.82) is 0 Å². The third-order valence-corrected chi connectivity index (χ3v) is 1.76. The zero-order valence-electron chi connectivity index (χ0n) is 9.20. The van der Waals surface area contributed by atoms with Gasteiger partial charge in [-0.3, -0.25) is 4.90 Å². The number of hydrogen-bond acceptors (Lipinski definition) is 2. The summed E-state index contributed by atoms with van der Waals surface area (Å²) in [5.74, 6) is 0. The first-order chi connectivity index (χ1) is 6.38. The van der Waals surface area contributed by atoms with E-state index in [9.17, 15) is 4.79 Å². The second kappa shape index (κ2) is 3.86. The first kappa shape index (κ1) is 10.8. The van der Waals surface area contributed by atoms with Crippen LogP contribution < -0.4 is 0 Å². The van der Waals surface area contributed by atoms with Gasteiger partial charge >= 0.3 is 6.09 Å². The Morgan fingerprint density at radius 1 is 1.50 bits per heavy atom. The molecule has 0 N–H and O–H groups in total. The van der Waals surface area contributed by atoms with Crippen LogP contribution in [0.5, 0.6) is 0 Å². The fourth-order valence-electron chi connectivity index (χ4n) is 1.03. The van der Waals surface area contributed by atoms with Crippen molar-refractivity contribution in [2.45, 2.75) is 33.3 Å². The molecule has 78 valence electrons. The van der Waals surface area contributed by atoms with E-state index in [1.165, 1.54) is 5.57 Å². The summed E-state index contributed by atoms with van der Waals surface area (Å²) in [4.78, 5) is 13.1. The van der Waals surface area contributed by atoms with Crippen LogP contribution in [0, 0.1) is 0 Å². The molecular weight excluding hydrogens is 178 g/mol. The lowest BCUT2D eigenvalue weighted by molar-refractivity contribution is 0.0350. The number of amides is 1. The molecular formula is C11H17NO2. The molecule has 3 nitrogen and oxygen atoms in total. The van der Waals surface area contributed by atoms with Crippen molar-refractivity contribution < 1.29 is 9.53 Å². The minimum Gasteiger partial charge on any atom is -0.443 e. The summed E-state index contributed by atoms with van der Waals surface area (Å²) < 4.78 is 5.22. The normalized spacial score (nSPS) is 16.6. The molecule has 1 aliphatic heterocycles. The zero-order chi connectivity index (χ0) is 10.8. The van der Waals surface area contributed by atoms with Crippen LogP contribution in [-0.2, 0) is 4.74 Å². The second-order valence-electron chi connectivity index (χ2n) is 4.40. The Hall–Kier alpha value is -1.25. The lowest BCUT2D eigenvalue weighted by Crippen LogP contribution is -2.34. The molecule has 14 heavy (non-hydrogen) atoms. The van der Waals surface area contributed by atoms with E-state index in [2.05, 4.69) is 0 Å². The van der Waals surface area contributed by atoms with E-state index in [1.807, 2.05) is 39.8 Å². The summed E-state index contributed by atoms with van der Waals surface area (Å²) in [6, 6.07) is 0. The van der Waals surface area contributed by atoms with Gasteiger partial charge < -0.3 is 4.74 Å². The van der Waals surface area contributed by atoms with Gasteiger partial charge in [-0.25, -0.2) is 4.79 Å². The van der Waals surface area contributed by atoms with E-state index in [0.717, 1.165) is 0 Å². The fraction of sp³-hybridized carbons (Fsp3) is 0.545. The van der Waals surface area contributed by atoms with Crippen LogP contribution in [0.4, 0.5) is 4.79 Å². The Labute approximate surface area is 85.0 Å². The van der Waals surface area contributed by atoms with Crippen LogP contribution in [0.2, 0.25) is 0 Å². The van der Waals surface area contributed by atoms with E-state index in [0.29, 0.717) is 6.54 Å². The van der Waals surface area contributed by atoms with Gasteiger partial charge in [0.2, 0.25) is 0 Å². The molecule has 0 bridgehead atoms. The Morgan fingerprint density at radius 3 is 2.57 bits per heavy atom. The molecule has 0 spiro atoms. The van der Waals surface area contributed by atoms with Gasteiger partial charge in [-0.2, -0.15) is 0 Å². The number of ether oxygens (including phenoxy) is 1. The van der Waals surface area contributed by atoms with Gasteiger partial charge in [0.15, 0.2) is 0 Å². The molecule has 0 aliphatic carbocycles. The maximum absolute atomic E-state index is 11.5. The van der Waals surface area contributed by atoms with Gasteiger partial charge in [-0.05, 0) is 33.8 Å². The van der Waals surface area contributed by atoms with Crippen LogP contribution in [0.15, 0.2) is 23.9 Å². The van der Waals surface area contributed by atoms with Crippen molar-refractivity contribution >= 4 is 6.09 Å². The number of nitrogens with zero attached hydrogens (tertiary/aromatic N) is 1. The summed E-state index contributed by atoms with van der Waals surface area (Å²) in [7, 11) is 0. The average molecular weight is 195 g/mol.